The summed E-state index contributed by atoms with van der Waals surface area (Å²) in [6.07, 6.45) is 7.90. The van der Waals surface area contributed by atoms with Gasteiger partial charge in [-0.25, -0.2) is 0 Å². The van der Waals surface area contributed by atoms with E-state index >= 15 is 0 Å². The van der Waals surface area contributed by atoms with E-state index in [9.17, 15) is 0 Å². The van der Waals surface area contributed by atoms with E-state index in [0.717, 1.165) is 36.0 Å². The number of rotatable bonds is 10. The second-order valence-corrected chi connectivity index (χ2v) is 15.7. The van der Waals surface area contributed by atoms with Crippen molar-refractivity contribution in [1.82, 2.24) is 0 Å². The Morgan fingerprint density at radius 2 is 0.889 bits per heavy atom. The zero-order chi connectivity index (χ0) is 24.7. The lowest BCUT2D eigenvalue weighted by molar-refractivity contribution is 0.307. The van der Waals surface area contributed by atoms with Gasteiger partial charge < -0.3 is 9.47 Å². The first-order valence-corrected chi connectivity index (χ1v) is 16.8. The second-order valence-electron chi connectivity index (χ2n) is 10.1. The SMILES string of the molecule is CC[C@@H]1CC[C@@H](CC)P1c1ccccc1P1[C@H](COc2ccccc2)CC[C@H]1COc1ccccc1. The predicted molar refractivity (Wildman–Crippen MR) is 158 cm³/mol. The second kappa shape index (κ2) is 12.6. The van der Waals surface area contributed by atoms with Crippen molar-refractivity contribution in [2.45, 2.75) is 75.0 Å². The molecule has 0 amide bonds. The van der Waals surface area contributed by atoms with E-state index < -0.39 is 0 Å². The van der Waals surface area contributed by atoms with Crippen molar-refractivity contribution in [1.29, 1.82) is 0 Å². The molecule has 0 saturated carbocycles. The third-order valence-corrected chi connectivity index (χ3v) is 15.3. The highest BCUT2D eigenvalue weighted by molar-refractivity contribution is 7.73. The molecule has 0 bridgehead atoms. The number of hydrogen-bond acceptors (Lipinski definition) is 2. The van der Waals surface area contributed by atoms with Gasteiger partial charge in [-0.2, -0.15) is 0 Å². The molecule has 0 aliphatic carbocycles. The van der Waals surface area contributed by atoms with Gasteiger partial charge in [0.15, 0.2) is 0 Å². The van der Waals surface area contributed by atoms with Crippen LogP contribution in [0.25, 0.3) is 0 Å². The van der Waals surface area contributed by atoms with Crippen LogP contribution in [0.3, 0.4) is 0 Å². The van der Waals surface area contributed by atoms with Gasteiger partial charge >= 0.3 is 0 Å². The maximum absolute atomic E-state index is 6.38. The van der Waals surface area contributed by atoms with Crippen molar-refractivity contribution in [3.63, 3.8) is 0 Å². The molecule has 0 aromatic heterocycles. The van der Waals surface area contributed by atoms with Gasteiger partial charge in [0, 0.05) is 11.3 Å². The van der Waals surface area contributed by atoms with E-state index in [0.29, 0.717) is 11.3 Å². The minimum absolute atomic E-state index is 0.114. The van der Waals surface area contributed by atoms with E-state index in [2.05, 4.69) is 98.8 Å². The highest BCUT2D eigenvalue weighted by Crippen LogP contribution is 2.60. The molecule has 2 nitrogen and oxygen atoms in total. The fourth-order valence-corrected chi connectivity index (χ4v) is 13.8. The quantitative estimate of drug-likeness (QED) is 0.254. The Hall–Kier alpha value is -1.88. The van der Waals surface area contributed by atoms with Crippen LogP contribution < -0.4 is 20.1 Å². The Balaban J connectivity index is 1.44. The third-order valence-electron chi connectivity index (χ3n) is 7.99. The lowest BCUT2D eigenvalue weighted by atomic mass is 10.1. The van der Waals surface area contributed by atoms with Gasteiger partial charge in [0.25, 0.3) is 0 Å². The lowest BCUT2D eigenvalue weighted by Gasteiger charge is -2.33. The molecular formula is C32H40O2P2. The van der Waals surface area contributed by atoms with E-state index in [1.165, 1.54) is 38.5 Å². The number of ether oxygens (including phenoxy) is 2. The Labute approximate surface area is 220 Å². The maximum atomic E-state index is 6.38. The van der Waals surface area contributed by atoms with E-state index in [-0.39, 0.29) is 15.8 Å². The van der Waals surface area contributed by atoms with Crippen molar-refractivity contribution in [3.05, 3.63) is 84.9 Å². The van der Waals surface area contributed by atoms with Crippen molar-refractivity contribution in [3.8, 4) is 11.5 Å². The summed E-state index contributed by atoms with van der Waals surface area (Å²) in [5.41, 5.74) is 2.90. The molecule has 0 spiro atoms. The Kier molecular flexibility index (Phi) is 9.00. The summed E-state index contributed by atoms with van der Waals surface area (Å²) in [6, 6.07) is 30.3. The normalized spacial score (nSPS) is 24.7. The summed E-state index contributed by atoms with van der Waals surface area (Å²) in [7, 11) is -0.492. The van der Waals surface area contributed by atoms with Crippen LogP contribution in [0.2, 0.25) is 0 Å². The number of benzene rings is 3. The molecule has 190 valence electrons. The lowest BCUT2D eigenvalue weighted by Crippen LogP contribution is -2.32. The monoisotopic (exact) mass is 518 g/mol. The van der Waals surface area contributed by atoms with Gasteiger partial charge in [-0.3, -0.25) is 0 Å². The summed E-state index contributed by atoms with van der Waals surface area (Å²) in [5.74, 6) is 1.98. The van der Waals surface area contributed by atoms with Gasteiger partial charge in [-0.1, -0.05) is 90.4 Å². The molecule has 2 fully saturated rings. The molecule has 2 aliphatic heterocycles. The number of para-hydroxylation sites is 2. The van der Waals surface area contributed by atoms with E-state index in [1.54, 1.807) is 10.6 Å². The van der Waals surface area contributed by atoms with Gasteiger partial charge in [0.05, 0.1) is 13.2 Å². The van der Waals surface area contributed by atoms with E-state index in [1.807, 2.05) is 0 Å². The van der Waals surface area contributed by atoms with E-state index in [4.69, 9.17) is 9.47 Å². The van der Waals surface area contributed by atoms with Gasteiger partial charge in [-0.15, -0.1) is 0 Å². The Bertz CT molecular complexity index is 1010. The molecule has 4 heteroatoms. The first-order valence-electron chi connectivity index (χ1n) is 13.8. The van der Waals surface area contributed by atoms with Crippen LogP contribution in [0.1, 0.15) is 52.4 Å². The van der Waals surface area contributed by atoms with Crippen LogP contribution in [0.5, 0.6) is 11.5 Å². The molecule has 2 aliphatic rings. The summed E-state index contributed by atoms with van der Waals surface area (Å²) in [6.45, 7) is 6.43. The first kappa shape index (κ1) is 25.8. The topological polar surface area (TPSA) is 18.5 Å². The maximum Gasteiger partial charge on any atom is 0.119 e. The van der Waals surface area contributed by atoms with Crippen LogP contribution in [0.15, 0.2) is 84.9 Å². The largest absolute Gasteiger partial charge is 0.493 e. The summed E-state index contributed by atoms with van der Waals surface area (Å²) in [4.78, 5) is 0. The summed E-state index contributed by atoms with van der Waals surface area (Å²) < 4.78 is 12.8. The smallest absolute Gasteiger partial charge is 0.119 e. The average molecular weight is 519 g/mol. The van der Waals surface area contributed by atoms with Crippen LogP contribution in [-0.2, 0) is 0 Å². The molecule has 36 heavy (non-hydrogen) atoms. The molecule has 3 aromatic rings. The standard InChI is InChI=1S/C32H40O2P2/c1-3-27-19-20-28(4-2)35(27)31-17-11-12-18-32(31)36-29(23-33-25-13-7-5-8-14-25)21-22-30(36)24-34-26-15-9-6-10-16-26/h5-18,27-30H,3-4,19-24H2,1-2H3/t27-,28-,29+,30+/m1/s1. The molecule has 5 rings (SSSR count). The minimum Gasteiger partial charge on any atom is -0.493 e. The minimum atomic E-state index is -0.378. The molecule has 0 N–H and O–H groups in total. The fourth-order valence-electron chi connectivity index (χ4n) is 6.16. The molecule has 3 aromatic carbocycles. The van der Waals surface area contributed by atoms with Crippen LogP contribution in [0.4, 0.5) is 0 Å². The molecular weight excluding hydrogens is 478 g/mol. The van der Waals surface area contributed by atoms with Gasteiger partial charge in [-0.05, 0) is 84.7 Å². The number of hydrogen-bond donors (Lipinski definition) is 0. The first-order chi connectivity index (χ1) is 17.8. The molecule has 0 unspecified atom stereocenters. The molecule has 2 heterocycles. The zero-order valence-electron chi connectivity index (χ0n) is 21.8. The highest BCUT2D eigenvalue weighted by Gasteiger charge is 2.42. The van der Waals surface area contributed by atoms with Crippen molar-refractivity contribution in [2.75, 3.05) is 13.2 Å². The molecule has 0 radical (unpaired) electrons. The third kappa shape index (κ3) is 5.82. The van der Waals surface area contributed by atoms with Gasteiger partial charge in [0.2, 0.25) is 0 Å². The van der Waals surface area contributed by atoms with Crippen LogP contribution >= 0.6 is 15.8 Å². The fraction of sp³-hybridized carbons (Fsp3) is 0.438. The Morgan fingerprint density at radius 3 is 1.31 bits per heavy atom. The summed E-state index contributed by atoms with van der Waals surface area (Å²) in [5, 5.41) is 3.38. The van der Waals surface area contributed by atoms with Crippen molar-refractivity contribution < 1.29 is 9.47 Å². The van der Waals surface area contributed by atoms with Crippen LogP contribution in [0, 0.1) is 0 Å². The highest BCUT2D eigenvalue weighted by atomic mass is 31.1. The predicted octanol–water partition coefficient (Wildman–Crippen LogP) is 7.94. The van der Waals surface area contributed by atoms with Crippen molar-refractivity contribution >= 4 is 26.5 Å². The van der Waals surface area contributed by atoms with Gasteiger partial charge in [0.1, 0.15) is 11.5 Å². The molecule has 4 atom stereocenters. The Morgan fingerprint density at radius 1 is 0.528 bits per heavy atom. The summed E-state index contributed by atoms with van der Waals surface area (Å²) >= 11 is 0. The molecule has 2 saturated heterocycles. The zero-order valence-corrected chi connectivity index (χ0v) is 23.5. The van der Waals surface area contributed by atoms with Crippen molar-refractivity contribution in [2.24, 2.45) is 0 Å². The average Bonchev–Trinajstić information content (AvgIpc) is 3.55. The van der Waals surface area contributed by atoms with Crippen LogP contribution in [-0.4, -0.2) is 35.8 Å².